The van der Waals surface area contributed by atoms with E-state index in [4.69, 9.17) is 9.47 Å². The largest absolute Gasteiger partial charge is 0.353 e. The maximum Gasteiger partial charge on any atom is 0.154 e. The number of thioether (sulfide) groups is 1. The molecule has 0 saturated carbocycles. The molecule has 0 aromatic heterocycles. The molecule has 1 unspecified atom stereocenters. The molecule has 122 valence electrons. The van der Waals surface area contributed by atoms with Gasteiger partial charge in [0.2, 0.25) is 0 Å². The Bertz CT molecular complexity index is 366. The van der Waals surface area contributed by atoms with Gasteiger partial charge in [-0.15, -0.1) is 0 Å². The van der Waals surface area contributed by atoms with Gasteiger partial charge in [0, 0.05) is 12.5 Å². The van der Waals surface area contributed by atoms with Gasteiger partial charge in [-0.3, -0.25) is 0 Å². The lowest BCUT2D eigenvalue weighted by Crippen LogP contribution is -2.21. The highest BCUT2D eigenvalue weighted by atomic mass is 32.2. The summed E-state index contributed by atoms with van der Waals surface area (Å²) >= 11 is 1.93. The van der Waals surface area contributed by atoms with E-state index in [9.17, 15) is 0 Å². The molecule has 0 aromatic carbocycles. The molecule has 0 fully saturated rings. The molecule has 0 aliphatic carbocycles. The molecule has 1 rings (SSSR count). The Balaban J connectivity index is 2.84. The monoisotopic (exact) mass is 312 g/mol. The quantitative estimate of drug-likeness (QED) is 0.615. The summed E-state index contributed by atoms with van der Waals surface area (Å²) in [4.78, 5) is 2.88. The topological polar surface area (TPSA) is 18.5 Å². The number of allylic oxidation sites excluding steroid dienone is 2. The highest BCUT2D eigenvalue weighted by molar-refractivity contribution is 8.06. The number of hydrogen-bond acceptors (Lipinski definition) is 3. The average molecular weight is 313 g/mol. The molecule has 1 aliphatic heterocycles. The van der Waals surface area contributed by atoms with E-state index in [0.29, 0.717) is 19.1 Å². The van der Waals surface area contributed by atoms with Crippen molar-refractivity contribution in [3.05, 3.63) is 22.0 Å². The Hall–Kier alpha value is -0.250. The molecular formula is C18H32O2S. The molecule has 0 bridgehead atoms. The van der Waals surface area contributed by atoms with Crippen LogP contribution >= 0.6 is 11.8 Å². The molecule has 1 heterocycles. The molecule has 21 heavy (non-hydrogen) atoms. The summed E-state index contributed by atoms with van der Waals surface area (Å²) in [6, 6.07) is 0. The first-order chi connectivity index (χ1) is 9.54. The first-order valence-corrected chi connectivity index (χ1v) is 8.71. The molecule has 3 heteroatoms. The van der Waals surface area contributed by atoms with Crippen LogP contribution in [0.15, 0.2) is 22.0 Å². The van der Waals surface area contributed by atoms with E-state index < -0.39 is 0 Å². The minimum absolute atomic E-state index is 0.137. The van der Waals surface area contributed by atoms with Crippen LogP contribution in [-0.2, 0) is 9.47 Å². The molecule has 1 atom stereocenters. The van der Waals surface area contributed by atoms with E-state index in [1.54, 1.807) is 0 Å². The van der Waals surface area contributed by atoms with Crippen molar-refractivity contribution in [1.82, 2.24) is 0 Å². The fourth-order valence-electron chi connectivity index (χ4n) is 2.06. The van der Waals surface area contributed by atoms with E-state index in [-0.39, 0.29) is 17.1 Å². The number of ether oxygens (including phenoxy) is 2. The maximum absolute atomic E-state index is 5.82. The molecule has 0 spiro atoms. The zero-order chi connectivity index (χ0) is 16.3. The summed E-state index contributed by atoms with van der Waals surface area (Å²) < 4.78 is 11.3. The van der Waals surface area contributed by atoms with Crippen molar-refractivity contribution in [2.45, 2.75) is 61.7 Å². The van der Waals surface area contributed by atoms with Crippen LogP contribution in [0.3, 0.4) is 0 Å². The van der Waals surface area contributed by atoms with Gasteiger partial charge in [-0.2, -0.15) is 0 Å². The molecule has 0 saturated heterocycles. The predicted molar refractivity (Wildman–Crippen MR) is 93.2 cm³/mol. The first kappa shape index (κ1) is 18.8. The first-order valence-electron chi connectivity index (χ1n) is 7.89. The lowest BCUT2D eigenvalue weighted by atomic mass is 9.90. The van der Waals surface area contributed by atoms with Crippen LogP contribution < -0.4 is 0 Å². The van der Waals surface area contributed by atoms with Gasteiger partial charge in [0.25, 0.3) is 0 Å². The number of hydrogen-bond donors (Lipinski definition) is 0. The van der Waals surface area contributed by atoms with Crippen LogP contribution in [0.5, 0.6) is 0 Å². The zero-order valence-electron chi connectivity index (χ0n) is 14.9. The maximum atomic E-state index is 5.82. The summed E-state index contributed by atoms with van der Waals surface area (Å²) in [5, 5.41) is 0. The summed E-state index contributed by atoms with van der Waals surface area (Å²) in [6.07, 6.45) is 4.58. The number of rotatable bonds is 5. The van der Waals surface area contributed by atoms with Crippen molar-refractivity contribution in [2.24, 2.45) is 16.7 Å². The van der Waals surface area contributed by atoms with Crippen molar-refractivity contribution < 1.29 is 9.47 Å². The normalized spacial score (nSPS) is 19.2. The molecule has 0 aromatic rings. The van der Waals surface area contributed by atoms with Crippen molar-refractivity contribution in [3.8, 4) is 0 Å². The Kier molecular flexibility index (Phi) is 6.57. The summed E-state index contributed by atoms with van der Waals surface area (Å²) in [6.45, 7) is 19.0. The van der Waals surface area contributed by atoms with Crippen LogP contribution in [0.4, 0.5) is 0 Å². The van der Waals surface area contributed by atoms with E-state index in [1.165, 1.54) is 9.81 Å². The third-order valence-corrected chi connectivity index (χ3v) is 5.29. The van der Waals surface area contributed by atoms with Gasteiger partial charge in [0.15, 0.2) is 6.29 Å². The van der Waals surface area contributed by atoms with Gasteiger partial charge < -0.3 is 9.47 Å². The Morgan fingerprint density at radius 2 is 1.48 bits per heavy atom. The molecular weight excluding hydrogens is 280 g/mol. The molecule has 0 N–H and O–H groups in total. The van der Waals surface area contributed by atoms with E-state index in [2.05, 4.69) is 53.7 Å². The van der Waals surface area contributed by atoms with Gasteiger partial charge in [-0.25, -0.2) is 0 Å². The molecule has 0 radical (unpaired) electrons. The Morgan fingerprint density at radius 1 is 1.00 bits per heavy atom. The average Bonchev–Trinajstić information content (AvgIpc) is 2.34. The smallest absolute Gasteiger partial charge is 0.154 e. The summed E-state index contributed by atoms with van der Waals surface area (Å²) in [5.74, 6) is 0.331. The second kappa shape index (κ2) is 7.34. The minimum Gasteiger partial charge on any atom is -0.353 e. The Labute approximate surface area is 135 Å². The van der Waals surface area contributed by atoms with Gasteiger partial charge in [-0.1, -0.05) is 65.5 Å². The van der Waals surface area contributed by atoms with Crippen LogP contribution in [-0.4, -0.2) is 19.5 Å². The highest BCUT2D eigenvalue weighted by Crippen LogP contribution is 2.48. The lowest BCUT2D eigenvalue weighted by molar-refractivity contribution is -0.130. The van der Waals surface area contributed by atoms with E-state index in [0.717, 1.165) is 0 Å². The standard InChI is InChI=1S/C18H32O2S/c1-9-19-13(2)20-12-14-10-15(17(3,4)5)21-16(11-14)18(6,7)8/h10-11,13-14H,9,12H2,1-8H3. The molecule has 2 nitrogen and oxygen atoms in total. The highest BCUT2D eigenvalue weighted by Gasteiger charge is 2.29. The SMILES string of the molecule is CCOC(C)OCC1C=C(C(C)(C)C)SC(C(C)(C)C)=C1. The second-order valence-corrected chi connectivity index (χ2v) is 8.77. The Morgan fingerprint density at radius 3 is 1.86 bits per heavy atom. The van der Waals surface area contributed by atoms with Crippen LogP contribution in [0, 0.1) is 16.7 Å². The third-order valence-electron chi connectivity index (χ3n) is 3.35. The van der Waals surface area contributed by atoms with Crippen LogP contribution in [0.2, 0.25) is 0 Å². The van der Waals surface area contributed by atoms with Gasteiger partial charge in [0.05, 0.1) is 6.61 Å². The fourth-order valence-corrected chi connectivity index (χ4v) is 3.39. The van der Waals surface area contributed by atoms with Crippen LogP contribution in [0.25, 0.3) is 0 Å². The summed E-state index contributed by atoms with van der Waals surface area (Å²) in [7, 11) is 0. The van der Waals surface area contributed by atoms with Gasteiger partial charge in [0.1, 0.15) is 0 Å². The molecule has 1 aliphatic rings. The van der Waals surface area contributed by atoms with E-state index in [1.807, 2.05) is 25.6 Å². The van der Waals surface area contributed by atoms with Gasteiger partial charge >= 0.3 is 0 Å². The zero-order valence-corrected chi connectivity index (χ0v) is 15.8. The fraction of sp³-hybridized carbons (Fsp3) is 0.778. The van der Waals surface area contributed by atoms with Gasteiger partial charge in [-0.05, 0) is 34.5 Å². The minimum atomic E-state index is -0.137. The van der Waals surface area contributed by atoms with E-state index >= 15 is 0 Å². The van der Waals surface area contributed by atoms with Crippen molar-refractivity contribution >= 4 is 11.8 Å². The van der Waals surface area contributed by atoms with Crippen molar-refractivity contribution in [2.75, 3.05) is 13.2 Å². The molecule has 0 amide bonds. The second-order valence-electron chi connectivity index (χ2n) is 7.68. The van der Waals surface area contributed by atoms with Crippen molar-refractivity contribution in [3.63, 3.8) is 0 Å². The summed E-state index contributed by atoms with van der Waals surface area (Å²) in [5.41, 5.74) is 0.360. The van der Waals surface area contributed by atoms with Crippen molar-refractivity contribution in [1.29, 1.82) is 0 Å². The van der Waals surface area contributed by atoms with Crippen LogP contribution in [0.1, 0.15) is 55.4 Å². The predicted octanol–water partition coefficient (Wildman–Crippen LogP) is 5.61. The lowest BCUT2D eigenvalue weighted by Gasteiger charge is -2.33. The third kappa shape index (κ3) is 6.17.